The van der Waals surface area contributed by atoms with Crippen LogP contribution in [0.5, 0.6) is 0 Å². The van der Waals surface area contributed by atoms with Crippen molar-refractivity contribution >= 4 is 22.8 Å². The summed E-state index contributed by atoms with van der Waals surface area (Å²) in [5.41, 5.74) is 0.211. The van der Waals surface area contributed by atoms with Gasteiger partial charge in [0.2, 0.25) is 0 Å². The molecule has 1 heterocycles. The fraction of sp³-hybridized carbons (Fsp3) is 0.417. The summed E-state index contributed by atoms with van der Waals surface area (Å²) in [4.78, 5) is 14.3. The molecule has 19 heavy (non-hydrogen) atoms. The van der Waals surface area contributed by atoms with Crippen molar-refractivity contribution in [2.24, 2.45) is 0 Å². The first kappa shape index (κ1) is 11.9. The van der Waals surface area contributed by atoms with Crippen molar-refractivity contribution in [2.45, 2.75) is 24.9 Å². The Kier molecular flexibility index (Phi) is 2.63. The molecule has 1 aromatic carbocycles. The highest BCUT2D eigenvalue weighted by molar-refractivity contribution is 5.77. The lowest BCUT2D eigenvalue weighted by molar-refractivity contribution is -0.384. The molecule has 7 heteroatoms. The molecule has 3 rings (SSSR count). The number of hydrogen-bond donors (Lipinski definition) is 2. The van der Waals surface area contributed by atoms with Gasteiger partial charge in [0, 0.05) is 18.7 Å². The number of aliphatic hydroxyl groups is 1. The van der Waals surface area contributed by atoms with Gasteiger partial charge in [-0.25, -0.2) is 0 Å². The zero-order valence-electron chi connectivity index (χ0n) is 10.1. The van der Waals surface area contributed by atoms with Crippen LogP contribution in [0.4, 0.5) is 11.7 Å². The SMILES string of the molecule is O=[N+]([O-])c1ccc2oc(NCC3(O)CCC3)nc2c1. The third-order valence-corrected chi connectivity index (χ3v) is 3.43. The number of nitrogens with one attached hydrogen (secondary N) is 1. The van der Waals surface area contributed by atoms with E-state index >= 15 is 0 Å². The van der Waals surface area contributed by atoms with Crippen LogP contribution in [0.2, 0.25) is 0 Å². The minimum absolute atomic E-state index is 0.0232. The summed E-state index contributed by atoms with van der Waals surface area (Å²) in [5, 5.41) is 23.5. The summed E-state index contributed by atoms with van der Waals surface area (Å²) in [5.74, 6) is 0. The summed E-state index contributed by atoms with van der Waals surface area (Å²) < 4.78 is 5.41. The van der Waals surface area contributed by atoms with Crippen LogP contribution < -0.4 is 5.32 Å². The molecule has 1 fully saturated rings. The average molecular weight is 263 g/mol. The van der Waals surface area contributed by atoms with Gasteiger partial charge in [-0.15, -0.1) is 0 Å². The van der Waals surface area contributed by atoms with E-state index in [2.05, 4.69) is 10.3 Å². The Morgan fingerprint density at radius 3 is 2.95 bits per heavy atom. The second-order valence-corrected chi connectivity index (χ2v) is 4.86. The summed E-state index contributed by atoms with van der Waals surface area (Å²) in [7, 11) is 0. The summed E-state index contributed by atoms with van der Waals surface area (Å²) >= 11 is 0. The zero-order valence-corrected chi connectivity index (χ0v) is 10.1. The highest BCUT2D eigenvalue weighted by atomic mass is 16.6. The van der Waals surface area contributed by atoms with Crippen LogP contribution in [0.25, 0.3) is 11.1 Å². The van der Waals surface area contributed by atoms with Gasteiger partial charge >= 0.3 is 0 Å². The second kappa shape index (κ2) is 4.20. The van der Waals surface area contributed by atoms with Gasteiger partial charge in [-0.1, -0.05) is 0 Å². The maximum absolute atomic E-state index is 10.7. The van der Waals surface area contributed by atoms with Gasteiger partial charge in [0.15, 0.2) is 5.58 Å². The molecule has 0 amide bonds. The molecule has 0 bridgehead atoms. The zero-order chi connectivity index (χ0) is 13.5. The van der Waals surface area contributed by atoms with E-state index in [-0.39, 0.29) is 11.7 Å². The number of anilines is 1. The van der Waals surface area contributed by atoms with E-state index in [1.165, 1.54) is 18.2 Å². The lowest BCUT2D eigenvalue weighted by Crippen LogP contribution is -2.43. The lowest BCUT2D eigenvalue weighted by Gasteiger charge is -2.36. The number of non-ortho nitro benzene ring substituents is 1. The number of aromatic nitrogens is 1. The molecule has 0 unspecified atom stereocenters. The smallest absolute Gasteiger partial charge is 0.295 e. The van der Waals surface area contributed by atoms with Crippen LogP contribution in [-0.4, -0.2) is 27.2 Å². The van der Waals surface area contributed by atoms with E-state index in [0.29, 0.717) is 17.6 Å². The van der Waals surface area contributed by atoms with Crippen molar-refractivity contribution in [2.75, 3.05) is 11.9 Å². The van der Waals surface area contributed by atoms with Crippen molar-refractivity contribution in [3.8, 4) is 0 Å². The van der Waals surface area contributed by atoms with Crippen LogP contribution in [0.3, 0.4) is 0 Å². The lowest BCUT2D eigenvalue weighted by atomic mass is 9.80. The Hall–Kier alpha value is -2.15. The summed E-state index contributed by atoms with van der Waals surface area (Å²) in [6.07, 6.45) is 2.56. The highest BCUT2D eigenvalue weighted by Gasteiger charge is 2.34. The molecule has 1 aliphatic rings. The predicted molar refractivity (Wildman–Crippen MR) is 68.0 cm³/mol. The van der Waals surface area contributed by atoms with Gasteiger partial charge in [-0.05, 0) is 25.3 Å². The van der Waals surface area contributed by atoms with Crippen molar-refractivity contribution in [1.82, 2.24) is 4.98 Å². The molecule has 2 aromatic rings. The van der Waals surface area contributed by atoms with Gasteiger partial charge in [0.1, 0.15) is 5.52 Å². The summed E-state index contributed by atoms with van der Waals surface area (Å²) in [6, 6.07) is 4.53. The first-order valence-corrected chi connectivity index (χ1v) is 6.07. The molecular weight excluding hydrogens is 250 g/mol. The molecule has 0 aliphatic heterocycles. The van der Waals surface area contributed by atoms with Gasteiger partial charge in [0.25, 0.3) is 11.7 Å². The molecule has 100 valence electrons. The molecule has 1 aromatic heterocycles. The van der Waals surface area contributed by atoms with Gasteiger partial charge < -0.3 is 14.8 Å². The molecule has 0 atom stereocenters. The first-order valence-electron chi connectivity index (χ1n) is 6.07. The van der Waals surface area contributed by atoms with Crippen molar-refractivity contribution in [3.63, 3.8) is 0 Å². The Balaban J connectivity index is 1.79. The Labute approximate surface area is 108 Å². The van der Waals surface area contributed by atoms with Crippen LogP contribution in [-0.2, 0) is 0 Å². The van der Waals surface area contributed by atoms with Crippen molar-refractivity contribution in [1.29, 1.82) is 0 Å². The molecule has 0 radical (unpaired) electrons. The number of nitro groups is 1. The predicted octanol–water partition coefficient (Wildman–Crippen LogP) is 2.06. The molecule has 2 N–H and O–H groups in total. The molecule has 0 spiro atoms. The van der Waals surface area contributed by atoms with E-state index in [0.717, 1.165) is 19.3 Å². The largest absolute Gasteiger partial charge is 0.424 e. The summed E-state index contributed by atoms with van der Waals surface area (Å²) in [6.45, 7) is 0.377. The van der Waals surface area contributed by atoms with Gasteiger partial charge in [-0.2, -0.15) is 4.98 Å². The molecule has 7 nitrogen and oxygen atoms in total. The van der Waals surface area contributed by atoms with Gasteiger partial charge in [0.05, 0.1) is 10.5 Å². The number of fused-ring (bicyclic) bond motifs is 1. The van der Waals surface area contributed by atoms with Crippen LogP contribution in [0.1, 0.15) is 19.3 Å². The standard InChI is InChI=1S/C12H13N3O4/c16-12(4-1-5-12)7-13-11-14-9-6-8(15(17)18)2-3-10(9)19-11/h2-3,6,16H,1,4-5,7H2,(H,13,14). The number of rotatable bonds is 4. The fourth-order valence-electron chi connectivity index (χ4n) is 2.11. The molecular formula is C12H13N3O4. The van der Waals surface area contributed by atoms with E-state index in [1.807, 2.05) is 0 Å². The number of nitro benzene ring substituents is 1. The fourth-order valence-corrected chi connectivity index (χ4v) is 2.11. The topological polar surface area (TPSA) is 101 Å². The van der Waals surface area contributed by atoms with Gasteiger partial charge in [-0.3, -0.25) is 10.1 Å². The highest BCUT2D eigenvalue weighted by Crippen LogP contribution is 2.32. The van der Waals surface area contributed by atoms with Crippen molar-refractivity contribution < 1.29 is 14.4 Å². The Morgan fingerprint density at radius 2 is 2.32 bits per heavy atom. The maximum Gasteiger partial charge on any atom is 0.295 e. The van der Waals surface area contributed by atoms with E-state index in [1.54, 1.807) is 0 Å². The quantitative estimate of drug-likeness (QED) is 0.646. The number of nitrogens with zero attached hydrogens (tertiary/aromatic N) is 2. The molecule has 0 saturated heterocycles. The van der Waals surface area contributed by atoms with Crippen molar-refractivity contribution in [3.05, 3.63) is 28.3 Å². The van der Waals surface area contributed by atoms with Crippen LogP contribution >= 0.6 is 0 Å². The van der Waals surface area contributed by atoms with E-state index in [4.69, 9.17) is 4.42 Å². The first-order chi connectivity index (χ1) is 9.06. The average Bonchev–Trinajstić information content (AvgIpc) is 2.75. The van der Waals surface area contributed by atoms with E-state index < -0.39 is 10.5 Å². The minimum atomic E-state index is -0.674. The minimum Gasteiger partial charge on any atom is -0.424 e. The number of oxazole rings is 1. The van der Waals surface area contributed by atoms with Crippen LogP contribution in [0, 0.1) is 10.1 Å². The molecule has 1 saturated carbocycles. The Morgan fingerprint density at radius 1 is 1.53 bits per heavy atom. The Bertz CT molecular complexity index is 633. The van der Waals surface area contributed by atoms with Crippen LogP contribution in [0.15, 0.2) is 22.6 Å². The number of hydrogen-bond acceptors (Lipinski definition) is 6. The maximum atomic E-state index is 10.7. The second-order valence-electron chi connectivity index (χ2n) is 4.86. The number of benzene rings is 1. The van der Waals surface area contributed by atoms with E-state index in [9.17, 15) is 15.2 Å². The third kappa shape index (κ3) is 2.24. The third-order valence-electron chi connectivity index (χ3n) is 3.43. The molecule has 1 aliphatic carbocycles. The monoisotopic (exact) mass is 263 g/mol. The normalized spacial score (nSPS) is 17.1.